The van der Waals surface area contributed by atoms with E-state index in [1.807, 2.05) is 12.1 Å². The van der Waals surface area contributed by atoms with Gasteiger partial charge in [0, 0.05) is 12.8 Å². The molecule has 22 heavy (non-hydrogen) atoms. The molecule has 0 saturated carbocycles. The second kappa shape index (κ2) is 6.48. The molecule has 1 aromatic rings. The van der Waals surface area contributed by atoms with Crippen molar-refractivity contribution in [2.24, 2.45) is 0 Å². The highest BCUT2D eigenvalue weighted by molar-refractivity contribution is 6.21. The fraction of sp³-hybridized carbons (Fsp3) is 0.529. The number of nitrogens with one attached hydrogen (secondary N) is 1. The first-order valence-electron chi connectivity index (χ1n) is 8.15. The van der Waals surface area contributed by atoms with Crippen molar-refractivity contribution in [3.63, 3.8) is 0 Å². The molecule has 2 fully saturated rings. The molecular weight excluding hydrogens is 280 g/mol. The van der Waals surface area contributed by atoms with Crippen molar-refractivity contribution < 1.29 is 19.2 Å². The number of rotatable bonds is 5. The van der Waals surface area contributed by atoms with Crippen molar-refractivity contribution in [2.45, 2.75) is 38.6 Å². The first kappa shape index (κ1) is 15.0. The van der Waals surface area contributed by atoms with E-state index >= 15 is 0 Å². The maximum atomic E-state index is 12.6. The molecule has 0 unspecified atom stereocenters. The quantitative estimate of drug-likeness (QED) is 0.818. The summed E-state index contributed by atoms with van der Waals surface area (Å²) in [5, 5.41) is 0. The number of anilines is 1. The summed E-state index contributed by atoms with van der Waals surface area (Å²) in [6, 6.07) is 7.04. The van der Waals surface area contributed by atoms with Crippen LogP contribution in [0.15, 0.2) is 24.3 Å². The van der Waals surface area contributed by atoms with Gasteiger partial charge in [-0.05, 0) is 30.7 Å². The topological polar surface area (TPSA) is 51.0 Å². The second-order valence-corrected chi connectivity index (χ2v) is 6.03. The predicted molar refractivity (Wildman–Crippen MR) is 83.1 cm³/mol. The minimum absolute atomic E-state index is 0.0517. The molecular formula is C17H23N2O3+. The number of amides is 2. The Bertz CT molecular complexity index is 550. The molecule has 2 amide bonds. The average Bonchev–Trinajstić information content (AvgIpc) is 3.14. The molecule has 0 aromatic heterocycles. The van der Waals surface area contributed by atoms with Gasteiger partial charge in [0.25, 0.3) is 5.91 Å². The largest absolute Gasteiger partial charge is 0.494 e. The average molecular weight is 303 g/mol. The van der Waals surface area contributed by atoms with Crippen LogP contribution in [0.5, 0.6) is 5.75 Å². The van der Waals surface area contributed by atoms with Crippen LogP contribution >= 0.6 is 0 Å². The Morgan fingerprint density at radius 1 is 1.18 bits per heavy atom. The number of benzene rings is 1. The monoisotopic (exact) mass is 303 g/mol. The summed E-state index contributed by atoms with van der Waals surface area (Å²) in [5.74, 6) is 0.632. The smallest absolute Gasteiger partial charge is 0.292 e. The molecule has 1 N–H and O–H groups in total. The Hall–Kier alpha value is -1.88. The number of ether oxygens (including phenoxy) is 1. The lowest BCUT2D eigenvalue weighted by Gasteiger charge is -2.19. The number of hydrogen-bond donors (Lipinski definition) is 1. The van der Waals surface area contributed by atoms with Crippen molar-refractivity contribution in [2.75, 3.05) is 24.6 Å². The van der Waals surface area contributed by atoms with Gasteiger partial charge >= 0.3 is 0 Å². The molecule has 0 aliphatic carbocycles. The van der Waals surface area contributed by atoms with Crippen molar-refractivity contribution in [1.29, 1.82) is 0 Å². The van der Waals surface area contributed by atoms with Gasteiger partial charge in [0.05, 0.1) is 31.8 Å². The highest BCUT2D eigenvalue weighted by atomic mass is 16.5. The van der Waals surface area contributed by atoms with Gasteiger partial charge in [0.15, 0.2) is 6.04 Å². The van der Waals surface area contributed by atoms with Crippen LogP contribution in [0.1, 0.15) is 32.6 Å². The van der Waals surface area contributed by atoms with Gasteiger partial charge in [0.2, 0.25) is 5.91 Å². The number of nitrogens with zero attached hydrogens (tertiary/aromatic N) is 1. The van der Waals surface area contributed by atoms with Gasteiger partial charge in [-0.2, -0.15) is 0 Å². The van der Waals surface area contributed by atoms with Crippen molar-refractivity contribution in [3.05, 3.63) is 24.3 Å². The van der Waals surface area contributed by atoms with Crippen LogP contribution in [0, 0.1) is 0 Å². The third kappa shape index (κ3) is 2.86. The standard InChI is InChI=1S/C17H22N2O3/c1-2-11-22-14-7-5-13(6-8-14)19-16(20)12-15(17(19)21)18-9-3-4-10-18/h5-8,15H,2-4,9-12H2,1H3/p+1/t15-/m1/s1. The van der Waals surface area contributed by atoms with Crippen LogP contribution < -0.4 is 14.5 Å². The number of carbonyl (C=O) groups excluding carboxylic acids is 2. The molecule has 1 atom stereocenters. The molecule has 2 aliphatic heterocycles. The number of imide groups is 1. The minimum atomic E-state index is -0.189. The lowest BCUT2D eigenvalue weighted by Crippen LogP contribution is -3.14. The lowest BCUT2D eigenvalue weighted by atomic mass is 10.2. The van der Waals surface area contributed by atoms with Gasteiger partial charge in [-0.25, -0.2) is 4.90 Å². The summed E-state index contributed by atoms with van der Waals surface area (Å²) in [5.41, 5.74) is 0.653. The van der Waals surface area contributed by atoms with E-state index in [1.165, 1.54) is 9.80 Å². The fourth-order valence-corrected chi connectivity index (χ4v) is 3.31. The molecule has 5 nitrogen and oxygen atoms in total. The fourth-order valence-electron chi connectivity index (χ4n) is 3.31. The Morgan fingerprint density at radius 3 is 2.50 bits per heavy atom. The number of likely N-dealkylation sites (tertiary alicyclic amines) is 1. The van der Waals surface area contributed by atoms with Crippen LogP contribution in [0.3, 0.4) is 0 Å². The normalized spacial score (nSPS) is 22.6. The molecule has 2 aliphatic rings. The van der Waals surface area contributed by atoms with Crippen molar-refractivity contribution in [1.82, 2.24) is 0 Å². The first-order valence-corrected chi connectivity index (χ1v) is 8.15. The van der Waals surface area contributed by atoms with Crippen LogP contribution in [-0.4, -0.2) is 37.6 Å². The summed E-state index contributed by atoms with van der Waals surface area (Å²) in [6.07, 6.45) is 3.58. The number of quaternary nitrogens is 1. The molecule has 0 radical (unpaired) electrons. The maximum absolute atomic E-state index is 12.6. The van der Waals surface area contributed by atoms with Gasteiger partial charge in [-0.15, -0.1) is 0 Å². The summed E-state index contributed by atoms with van der Waals surface area (Å²) in [4.78, 5) is 27.5. The third-order valence-electron chi connectivity index (χ3n) is 4.45. The minimum Gasteiger partial charge on any atom is -0.494 e. The molecule has 0 spiro atoms. The van der Waals surface area contributed by atoms with E-state index in [4.69, 9.17) is 4.74 Å². The summed E-state index contributed by atoms with van der Waals surface area (Å²) in [6.45, 7) is 4.72. The molecule has 2 saturated heterocycles. The van der Waals surface area contributed by atoms with E-state index in [-0.39, 0.29) is 17.9 Å². The third-order valence-corrected chi connectivity index (χ3v) is 4.45. The van der Waals surface area contributed by atoms with Crippen LogP contribution in [-0.2, 0) is 9.59 Å². The number of hydrogen-bond acceptors (Lipinski definition) is 3. The van der Waals surface area contributed by atoms with E-state index in [2.05, 4.69) is 6.92 Å². The lowest BCUT2D eigenvalue weighted by molar-refractivity contribution is -0.902. The molecule has 5 heteroatoms. The second-order valence-electron chi connectivity index (χ2n) is 6.03. The van der Waals surface area contributed by atoms with Crippen LogP contribution in [0.25, 0.3) is 0 Å². The van der Waals surface area contributed by atoms with Gasteiger partial charge in [0.1, 0.15) is 5.75 Å². The Balaban J connectivity index is 1.73. The zero-order valence-corrected chi connectivity index (χ0v) is 13.0. The molecule has 0 bridgehead atoms. The van der Waals surface area contributed by atoms with Crippen molar-refractivity contribution >= 4 is 17.5 Å². The highest BCUT2D eigenvalue weighted by Crippen LogP contribution is 2.24. The summed E-state index contributed by atoms with van der Waals surface area (Å²) >= 11 is 0. The highest BCUT2D eigenvalue weighted by Gasteiger charge is 2.46. The zero-order valence-electron chi connectivity index (χ0n) is 13.0. The van der Waals surface area contributed by atoms with Crippen LogP contribution in [0.2, 0.25) is 0 Å². The maximum Gasteiger partial charge on any atom is 0.292 e. The van der Waals surface area contributed by atoms with E-state index in [9.17, 15) is 9.59 Å². The zero-order chi connectivity index (χ0) is 15.5. The van der Waals surface area contributed by atoms with Crippen molar-refractivity contribution in [3.8, 4) is 5.75 Å². The Kier molecular flexibility index (Phi) is 4.43. The predicted octanol–water partition coefficient (Wildman–Crippen LogP) is 0.786. The van der Waals surface area contributed by atoms with Crippen LogP contribution in [0.4, 0.5) is 5.69 Å². The Labute approximate surface area is 130 Å². The van der Waals surface area contributed by atoms with Gasteiger partial charge < -0.3 is 9.64 Å². The molecule has 2 heterocycles. The Morgan fingerprint density at radius 2 is 1.86 bits per heavy atom. The number of carbonyl (C=O) groups is 2. The van der Waals surface area contributed by atoms with Gasteiger partial charge in [-0.3, -0.25) is 9.59 Å². The summed E-state index contributed by atoms with van der Waals surface area (Å²) < 4.78 is 5.54. The van der Waals surface area contributed by atoms with E-state index in [0.29, 0.717) is 18.7 Å². The molecule has 3 rings (SSSR count). The van der Waals surface area contributed by atoms with E-state index < -0.39 is 0 Å². The molecule has 1 aromatic carbocycles. The molecule has 118 valence electrons. The van der Waals surface area contributed by atoms with E-state index in [1.54, 1.807) is 12.1 Å². The summed E-state index contributed by atoms with van der Waals surface area (Å²) in [7, 11) is 0. The van der Waals surface area contributed by atoms with E-state index in [0.717, 1.165) is 38.1 Å². The first-order chi connectivity index (χ1) is 10.7. The SMILES string of the molecule is CCCOc1ccc(N2C(=O)C[C@@H]([NH+]3CCCC3)C2=O)cc1. The van der Waals surface area contributed by atoms with Gasteiger partial charge in [-0.1, -0.05) is 6.92 Å².